The molecular weight excluding hydrogens is 266 g/mol. The van der Waals surface area contributed by atoms with E-state index in [-0.39, 0.29) is 6.07 Å². The first-order chi connectivity index (χ1) is 8.00. The molecule has 0 heterocycles. The fourth-order valence-electron chi connectivity index (χ4n) is 1.19. The van der Waals surface area contributed by atoms with Gasteiger partial charge in [0.05, 0.1) is 11.1 Å². The highest BCUT2D eigenvalue weighted by molar-refractivity contribution is 5.37. The minimum absolute atomic E-state index is 0.0189. The van der Waals surface area contributed by atoms with Crippen LogP contribution in [-0.4, -0.2) is 11.4 Å². The molecule has 0 aliphatic rings. The second-order valence-electron chi connectivity index (χ2n) is 3.46. The quantitative estimate of drug-likeness (QED) is 0.661. The highest BCUT2D eigenvalue weighted by Gasteiger charge is 2.37. The number of benzene rings is 1. The zero-order chi connectivity index (χ0) is 14.1. The maximum Gasteiger partial charge on any atom is 0.416 e. The third-order valence-corrected chi connectivity index (χ3v) is 1.87. The molecular formula is C10H8F6O2. The molecule has 0 aliphatic heterocycles. The second kappa shape index (κ2) is 4.68. The molecule has 0 unspecified atom stereocenters. The first-order valence-corrected chi connectivity index (χ1v) is 4.64. The molecule has 1 N–H and O–H groups in total. The first kappa shape index (κ1) is 14.6. The molecule has 1 aromatic carbocycles. The molecule has 1 atom stereocenters. The van der Waals surface area contributed by atoms with Gasteiger partial charge in [-0.3, -0.25) is 0 Å². The van der Waals surface area contributed by atoms with Crippen molar-refractivity contribution in [3.05, 3.63) is 29.3 Å². The molecule has 0 amide bonds. The van der Waals surface area contributed by atoms with E-state index in [1.165, 1.54) is 0 Å². The van der Waals surface area contributed by atoms with Gasteiger partial charge < -0.3 is 9.84 Å². The Morgan fingerprint density at radius 3 is 1.61 bits per heavy atom. The van der Waals surface area contributed by atoms with Crippen LogP contribution in [-0.2, 0) is 12.4 Å². The van der Waals surface area contributed by atoms with Gasteiger partial charge >= 0.3 is 12.4 Å². The molecule has 0 aliphatic carbocycles. The maximum atomic E-state index is 12.4. The number of alkyl halides is 6. The number of aliphatic hydroxyl groups excluding tert-OH is 1. The van der Waals surface area contributed by atoms with Gasteiger partial charge in [0.25, 0.3) is 0 Å². The SMILES string of the molecule is C[C@H](O)Oc1cc(C(F)(F)F)cc(C(F)(F)F)c1. The first-order valence-electron chi connectivity index (χ1n) is 4.64. The number of ether oxygens (including phenoxy) is 1. The van der Waals surface area contributed by atoms with Gasteiger partial charge in [-0.15, -0.1) is 0 Å². The average molecular weight is 274 g/mol. The van der Waals surface area contributed by atoms with Crippen molar-refractivity contribution in [1.82, 2.24) is 0 Å². The Bertz CT molecular complexity index is 389. The lowest BCUT2D eigenvalue weighted by Gasteiger charge is -2.15. The number of hydrogen-bond acceptors (Lipinski definition) is 2. The molecule has 0 radical (unpaired) electrons. The number of hydrogen-bond donors (Lipinski definition) is 1. The monoisotopic (exact) mass is 274 g/mol. The fourth-order valence-corrected chi connectivity index (χ4v) is 1.19. The molecule has 0 aromatic heterocycles. The highest BCUT2D eigenvalue weighted by atomic mass is 19.4. The molecule has 0 saturated heterocycles. The largest absolute Gasteiger partial charge is 0.465 e. The van der Waals surface area contributed by atoms with Crippen LogP contribution in [0.3, 0.4) is 0 Å². The lowest BCUT2D eigenvalue weighted by molar-refractivity contribution is -0.143. The molecule has 0 bridgehead atoms. The fraction of sp³-hybridized carbons (Fsp3) is 0.400. The number of aliphatic hydroxyl groups is 1. The van der Waals surface area contributed by atoms with Crippen LogP contribution in [0.5, 0.6) is 5.75 Å². The van der Waals surface area contributed by atoms with Crippen molar-refractivity contribution in [2.45, 2.75) is 25.6 Å². The van der Waals surface area contributed by atoms with Crippen LogP contribution in [0.1, 0.15) is 18.1 Å². The molecule has 18 heavy (non-hydrogen) atoms. The van der Waals surface area contributed by atoms with Gasteiger partial charge in [0.15, 0.2) is 6.29 Å². The minimum atomic E-state index is -4.93. The van der Waals surface area contributed by atoms with E-state index in [4.69, 9.17) is 5.11 Å². The summed E-state index contributed by atoms with van der Waals surface area (Å²) in [5, 5.41) is 8.81. The Morgan fingerprint density at radius 2 is 1.33 bits per heavy atom. The van der Waals surface area contributed by atoms with E-state index >= 15 is 0 Å². The van der Waals surface area contributed by atoms with Gasteiger partial charge in [0.2, 0.25) is 0 Å². The van der Waals surface area contributed by atoms with Crippen molar-refractivity contribution in [2.24, 2.45) is 0 Å². The molecule has 2 nitrogen and oxygen atoms in total. The summed E-state index contributed by atoms with van der Waals surface area (Å²) in [7, 11) is 0. The summed E-state index contributed by atoms with van der Waals surface area (Å²) < 4.78 is 78.8. The predicted molar refractivity (Wildman–Crippen MR) is 48.8 cm³/mol. The summed E-state index contributed by atoms with van der Waals surface area (Å²) in [6.07, 6.45) is -11.4. The van der Waals surface area contributed by atoms with Crippen LogP contribution >= 0.6 is 0 Å². The molecule has 8 heteroatoms. The van der Waals surface area contributed by atoms with E-state index < -0.39 is 35.5 Å². The average Bonchev–Trinajstić information content (AvgIpc) is 2.13. The Morgan fingerprint density at radius 1 is 0.944 bits per heavy atom. The third kappa shape index (κ3) is 3.80. The van der Waals surface area contributed by atoms with Crippen molar-refractivity contribution in [3.63, 3.8) is 0 Å². The standard InChI is InChI=1S/C10H8F6O2/c1-5(17)18-8-3-6(9(11,12)13)2-7(4-8)10(14,15)16/h2-5,17H,1H3/t5-/m1/s1. The normalized spacial score (nSPS) is 14.4. The van der Waals surface area contributed by atoms with E-state index in [1.54, 1.807) is 0 Å². The van der Waals surface area contributed by atoms with Crippen molar-refractivity contribution in [1.29, 1.82) is 0 Å². The molecule has 1 rings (SSSR count). The third-order valence-electron chi connectivity index (χ3n) is 1.87. The van der Waals surface area contributed by atoms with Crippen LogP contribution in [0, 0.1) is 0 Å². The van der Waals surface area contributed by atoms with Crippen molar-refractivity contribution >= 4 is 0 Å². The van der Waals surface area contributed by atoms with Crippen LogP contribution in [0.15, 0.2) is 18.2 Å². The summed E-state index contributed by atoms with van der Waals surface area (Å²) in [4.78, 5) is 0. The Balaban J connectivity index is 3.29. The van der Waals surface area contributed by atoms with E-state index in [1.807, 2.05) is 0 Å². The predicted octanol–water partition coefficient (Wildman–Crippen LogP) is 3.44. The van der Waals surface area contributed by atoms with Gasteiger partial charge in [-0.1, -0.05) is 0 Å². The highest BCUT2D eigenvalue weighted by Crippen LogP contribution is 2.38. The zero-order valence-electron chi connectivity index (χ0n) is 8.93. The summed E-state index contributed by atoms with van der Waals surface area (Å²) in [5.41, 5.74) is -2.99. The van der Waals surface area contributed by atoms with Crippen molar-refractivity contribution in [3.8, 4) is 5.75 Å². The molecule has 0 spiro atoms. The van der Waals surface area contributed by atoms with E-state index in [0.717, 1.165) is 6.92 Å². The summed E-state index contributed by atoms with van der Waals surface area (Å²) in [6.45, 7) is 1.06. The van der Waals surface area contributed by atoms with E-state index in [9.17, 15) is 26.3 Å². The van der Waals surface area contributed by atoms with E-state index in [2.05, 4.69) is 4.74 Å². The van der Waals surface area contributed by atoms with Crippen LogP contribution in [0.25, 0.3) is 0 Å². The minimum Gasteiger partial charge on any atom is -0.465 e. The summed E-state index contributed by atoms with van der Waals surface area (Å²) >= 11 is 0. The van der Waals surface area contributed by atoms with Crippen LogP contribution < -0.4 is 4.74 Å². The molecule has 1 aromatic rings. The Hall–Kier alpha value is -1.44. The van der Waals surface area contributed by atoms with Crippen LogP contribution in [0.2, 0.25) is 0 Å². The lowest BCUT2D eigenvalue weighted by Crippen LogP contribution is -2.14. The maximum absolute atomic E-state index is 12.4. The molecule has 0 fully saturated rings. The van der Waals surface area contributed by atoms with Gasteiger partial charge in [0.1, 0.15) is 5.75 Å². The molecule has 0 saturated carbocycles. The second-order valence-corrected chi connectivity index (χ2v) is 3.46. The van der Waals surface area contributed by atoms with Gasteiger partial charge in [-0.25, -0.2) is 0 Å². The summed E-state index contributed by atoms with van der Waals surface area (Å²) in [6, 6.07) is 0.763. The Labute approximate surface area is 97.8 Å². The number of rotatable bonds is 2. The van der Waals surface area contributed by atoms with Gasteiger partial charge in [-0.2, -0.15) is 26.3 Å². The topological polar surface area (TPSA) is 29.5 Å². The van der Waals surface area contributed by atoms with Gasteiger partial charge in [-0.05, 0) is 25.1 Å². The van der Waals surface area contributed by atoms with E-state index in [0.29, 0.717) is 12.1 Å². The number of halogens is 6. The van der Waals surface area contributed by atoms with Crippen LogP contribution in [0.4, 0.5) is 26.3 Å². The van der Waals surface area contributed by atoms with Crippen molar-refractivity contribution < 1.29 is 36.2 Å². The summed E-state index contributed by atoms with van der Waals surface area (Å²) in [5.74, 6) is -0.702. The smallest absolute Gasteiger partial charge is 0.416 e. The Kier molecular flexibility index (Phi) is 3.80. The van der Waals surface area contributed by atoms with Crippen molar-refractivity contribution in [2.75, 3.05) is 0 Å². The molecule has 102 valence electrons. The van der Waals surface area contributed by atoms with Gasteiger partial charge in [0, 0.05) is 0 Å². The zero-order valence-corrected chi connectivity index (χ0v) is 8.93. The lowest BCUT2D eigenvalue weighted by atomic mass is 10.1.